The Labute approximate surface area is 95.9 Å². The van der Waals surface area contributed by atoms with E-state index in [2.05, 4.69) is 0 Å². The van der Waals surface area contributed by atoms with Gasteiger partial charge in [0.1, 0.15) is 5.82 Å². The molecule has 1 aromatic carbocycles. The van der Waals surface area contributed by atoms with Crippen LogP contribution < -0.4 is 0 Å². The van der Waals surface area contributed by atoms with Crippen LogP contribution in [0.25, 0.3) is 0 Å². The first kappa shape index (κ1) is 13.1. The van der Waals surface area contributed by atoms with E-state index in [0.29, 0.717) is 5.56 Å². The lowest BCUT2D eigenvalue weighted by Gasteiger charge is -2.13. The lowest BCUT2D eigenvalue weighted by Crippen LogP contribution is -2.22. The van der Waals surface area contributed by atoms with E-state index in [1.807, 2.05) is 13.8 Å². The van der Waals surface area contributed by atoms with Crippen LogP contribution in [0.3, 0.4) is 0 Å². The molecule has 1 aromatic rings. The lowest BCUT2D eigenvalue weighted by atomic mass is 10.0. The number of halogens is 1. The molecule has 16 heavy (non-hydrogen) atoms. The first-order valence-corrected chi connectivity index (χ1v) is 6.42. The average Bonchev–Trinajstić information content (AvgIpc) is 2.16. The van der Waals surface area contributed by atoms with E-state index in [1.54, 1.807) is 0 Å². The highest BCUT2D eigenvalue weighted by atomic mass is 32.2. The normalized spacial score (nSPS) is 12.4. The van der Waals surface area contributed by atoms with Crippen LogP contribution in [0, 0.1) is 5.82 Å². The third kappa shape index (κ3) is 2.41. The summed E-state index contributed by atoms with van der Waals surface area (Å²) in [5.74, 6) is -0.436. The molecule has 0 fully saturated rings. The molecule has 0 aliphatic rings. The SMILES string of the molecule is CC(C)c1ccc(S(=O)(=O)N(C)C)cc1F. The minimum Gasteiger partial charge on any atom is -0.207 e. The van der Waals surface area contributed by atoms with Crippen LogP contribution in [0.15, 0.2) is 23.1 Å². The Hall–Kier alpha value is -0.940. The van der Waals surface area contributed by atoms with Crippen LogP contribution in [0.4, 0.5) is 4.39 Å². The van der Waals surface area contributed by atoms with E-state index in [4.69, 9.17) is 0 Å². The summed E-state index contributed by atoms with van der Waals surface area (Å²) in [7, 11) is -0.708. The molecule has 1 rings (SSSR count). The number of hydrogen-bond donors (Lipinski definition) is 0. The molecule has 0 atom stereocenters. The molecule has 5 heteroatoms. The Morgan fingerprint density at radius 1 is 1.25 bits per heavy atom. The molecule has 0 bridgehead atoms. The van der Waals surface area contributed by atoms with Crippen molar-refractivity contribution in [1.82, 2.24) is 4.31 Å². The molecule has 0 saturated carbocycles. The molecule has 0 saturated heterocycles. The van der Waals surface area contributed by atoms with Gasteiger partial charge in [0.25, 0.3) is 0 Å². The fourth-order valence-electron chi connectivity index (χ4n) is 1.35. The molecule has 0 unspecified atom stereocenters. The number of nitrogens with zero attached hydrogens (tertiary/aromatic N) is 1. The maximum absolute atomic E-state index is 13.6. The molecule has 0 heterocycles. The Balaban J connectivity index is 3.27. The third-order valence-electron chi connectivity index (χ3n) is 2.37. The van der Waals surface area contributed by atoms with Gasteiger partial charge >= 0.3 is 0 Å². The Kier molecular flexibility index (Phi) is 3.70. The van der Waals surface area contributed by atoms with Gasteiger partial charge in [-0.15, -0.1) is 0 Å². The number of sulfonamides is 1. The number of hydrogen-bond acceptors (Lipinski definition) is 2. The summed E-state index contributed by atoms with van der Waals surface area (Å²) >= 11 is 0. The predicted molar refractivity (Wildman–Crippen MR) is 61.4 cm³/mol. The van der Waals surface area contributed by atoms with E-state index in [9.17, 15) is 12.8 Å². The van der Waals surface area contributed by atoms with Crippen LogP contribution in [0.1, 0.15) is 25.3 Å². The monoisotopic (exact) mass is 245 g/mol. The maximum Gasteiger partial charge on any atom is 0.242 e. The first-order valence-electron chi connectivity index (χ1n) is 4.98. The highest BCUT2D eigenvalue weighted by Gasteiger charge is 2.19. The molecule has 0 amide bonds. The molecule has 0 radical (unpaired) electrons. The average molecular weight is 245 g/mol. The third-order valence-corrected chi connectivity index (χ3v) is 4.18. The summed E-state index contributed by atoms with van der Waals surface area (Å²) in [6, 6.07) is 4.04. The van der Waals surface area contributed by atoms with Gasteiger partial charge in [0.05, 0.1) is 4.90 Å². The molecule has 0 aliphatic carbocycles. The highest BCUT2D eigenvalue weighted by molar-refractivity contribution is 7.89. The van der Waals surface area contributed by atoms with Gasteiger partial charge in [0.15, 0.2) is 0 Å². The smallest absolute Gasteiger partial charge is 0.207 e. The fourth-order valence-corrected chi connectivity index (χ4v) is 2.26. The molecule has 0 spiro atoms. The molecular formula is C11H16FNO2S. The molecule has 3 nitrogen and oxygen atoms in total. The van der Waals surface area contributed by atoms with Crippen molar-refractivity contribution < 1.29 is 12.8 Å². The van der Waals surface area contributed by atoms with E-state index >= 15 is 0 Å². The first-order chi connectivity index (χ1) is 7.26. The fraction of sp³-hybridized carbons (Fsp3) is 0.455. The van der Waals surface area contributed by atoms with Crippen LogP contribution >= 0.6 is 0 Å². The van der Waals surface area contributed by atoms with Gasteiger partial charge in [-0.05, 0) is 23.6 Å². The molecule has 90 valence electrons. The van der Waals surface area contributed by atoms with Crippen molar-refractivity contribution in [3.8, 4) is 0 Å². The highest BCUT2D eigenvalue weighted by Crippen LogP contribution is 2.22. The van der Waals surface area contributed by atoms with Crippen molar-refractivity contribution in [3.63, 3.8) is 0 Å². The molecular weight excluding hydrogens is 229 g/mol. The summed E-state index contributed by atoms with van der Waals surface area (Å²) in [4.78, 5) is -0.0144. The van der Waals surface area contributed by atoms with Crippen molar-refractivity contribution in [3.05, 3.63) is 29.6 Å². The minimum atomic E-state index is -3.55. The number of rotatable bonds is 3. The van der Waals surface area contributed by atoms with Crippen LogP contribution in [0.5, 0.6) is 0 Å². The number of benzene rings is 1. The zero-order chi connectivity index (χ0) is 12.5. The zero-order valence-electron chi connectivity index (χ0n) is 9.86. The molecule has 0 aliphatic heterocycles. The van der Waals surface area contributed by atoms with Crippen molar-refractivity contribution in [2.45, 2.75) is 24.7 Å². The van der Waals surface area contributed by atoms with Crippen molar-refractivity contribution in [1.29, 1.82) is 0 Å². The topological polar surface area (TPSA) is 37.4 Å². The largest absolute Gasteiger partial charge is 0.242 e. The van der Waals surface area contributed by atoms with Gasteiger partial charge in [-0.25, -0.2) is 17.1 Å². The van der Waals surface area contributed by atoms with E-state index < -0.39 is 15.8 Å². The van der Waals surface area contributed by atoms with Gasteiger partial charge in [-0.1, -0.05) is 19.9 Å². The van der Waals surface area contributed by atoms with Crippen molar-refractivity contribution in [2.24, 2.45) is 0 Å². The molecule has 0 aromatic heterocycles. The minimum absolute atomic E-state index is 0.0144. The predicted octanol–water partition coefficient (Wildman–Crippen LogP) is 2.20. The van der Waals surface area contributed by atoms with Crippen LogP contribution in [0.2, 0.25) is 0 Å². The zero-order valence-corrected chi connectivity index (χ0v) is 10.7. The van der Waals surface area contributed by atoms with E-state index in [0.717, 1.165) is 10.4 Å². The lowest BCUT2D eigenvalue weighted by molar-refractivity contribution is 0.518. The van der Waals surface area contributed by atoms with Gasteiger partial charge in [-0.3, -0.25) is 0 Å². The Morgan fingerprint density at radius 2 is 1.81 bits per heavy atom. The summed E-state index contributed by atoms with van der Waals surface area (Å²) in [6.07, 6.45) is 0. The summed E-state index contributed by atoms with van der Waals surface area (Å²) in [5, 5.41) is 0. The standard InChI is InChI=1S/C11H16FNO2S/c1-8(2)10-6-5-9(7-11(10)12)16(14,15)13(3)4/h5-8H,1-4H3. The van der Waals surface area contributed by atoms with Gasteiger partial charge < -0.3 is 0 Å². The molecule has 0 N–H and O–H groups in total. The van der Waals surface area contributed by atoms with Crippen LogP contribution in [-0.4, -0.2) is 26.8 Å². The van der Waals surface area contributed by atoms with Crippen LogP contribution in [-0.2, 0) is 10.0 Å². The Morgan fingerprint density at radius 3 is 2.19 bits per heavy atom. The van der Waals surface area contributed by atoms with E-state index in [1.165, 1.54) is 26.2 Å². The van der Waals surface area contributed by atoms with Crippen molar-refractivity contribution >= 4 is 10.0 Å². The summed E-state index contributed by atoms with van der Waals surface area (Å²) in [6.45, 7) is 3.72. The summed E-state index contributed by atoms with van der Waals surface area (Å²) in [5.41, 5.74) is 0.526. The maximum atomic E-state index is 13.6. The van der Waals surface area contributed by atoms with Gasteiger partial charge in [-0.2, -0.15) is 0 Å². The Bertz CT molecular complexity index is 481. The van der Waals surface area contributed by atoms with Gasteiger partial charge in [0, 0.05) is 14.1 Å². The second-order valence-electron chi connectivity index (χ2n) is 4.13. The second-order valence-corrected chi connectivity index (χ2v) is 6.28. The van der Waals surface area contributed by atoms with Crippen molar-refractivity contribution in [2.75, 3.05) is 14.1 Å². The second kappa shape index (κ2) is 4.51. The van der Waals surface area contributed by atoms with Gasteiger partial charge in [0.2, 0.25) is 10.0 Å². The quantitative estimate of drug-likeness (QED) is 0.818. The summed E-state index contributed by atoms with van der Waals surface area (Å²) < 4.78 is 38.1. The van der Waals surface area contributed by atoms with E-state index in [-0.39, 0.29) is 10.8 Å².